The van der Waals surface area contributed by atoms with Crippen molar-refractivity contribution >= 4 is 0 Å². The maximum atomic E-state index is 5.73. The summed E-state index contributed by atoms with van der Waals surface area (Å²) in [5.74, 6) is 3.26. The van der Waals surface area contributed by atoms with Crippen molar-refractivity contribution in [2.45, 2.75) is 12.5 Å². The van der Waals surface area contributed by atoms with Gasteiger partial charge in [-0.2, -0.15) is 0 Å². The van der Waals surface area contributed by atoms with E-state index in [-0.39, 0.29) is 6.04 Å². The van der Waals surface area contributed by atoms with E-state index < -0.39 is 0 Å². The van der Waals surface area contributed by atoms with Crippen LogP contribution in [0.4, 0.5) is 0 Å². The van der Waals surface area contributed by atoms with Gasteiger partial charge in [0, 0.05) is 30.8 Å². The first-order valence-corrected chi connectivity index (χ1v) is 9.60. The Morgan fingerprint density at radius 2 is 1.32 bits per heavy atom. The van der Waals surface area contributed by atoms with E-state index >= 15 is 0 Å². The molecule has 0 aliphatic carbocycles. The highest BCUT2D eigenvalue weighted by Gasteiger charge is 2.29. The Morgan fingerprint density at radius 3 is 1.82 bits per heavy atom. The van der Waals surface area contributed by atoms with Crippen LogP contribution in [0.25, 0.3) is 0 Å². The van der Waals surface area contributed by atoms with Crippen molar-refractivity contribution in [3.05, 3.63) is 47.5 Å². The van der Waals surface area contributed by atoms with E-state index in [1.54, 1.807) is 28.4 Å². The third-order valence-corrected chi connectivity index (χ3v) is 5.20. The van der Waals surface area contributed by atoms with Crippen molar-refractivity contribution in [1.82, 2.24) is 10.2 Å². The molecule has 1 N–H and O–H groups in total. The number of nitrogens with zero attached hydrogens (tertiary/aromatic N) is 1. The fourth-order valence-electron chi connectivity index (χ4n) is 3.79. The van der Waals surface area contributed by atoms with E-state index in [1.165, 1.54) is 0 Å². The summed E-state index contributed by atoms with van der Waals surface area (Å²) in [5.41, 5.74) is 2.10. The second-order valence-corrected chi connectivity index (χ2v) is 6.76. The van der Waals surface area contributed by atoms with Gasteiger partial charge in [0.05, 0.1) is 34.5 Å². The average Bonchev–Trinajstić information content (AvgIpc) is 3.03. The maximum Gasteiger partial charge on any atom is 0.124 e. The molecule has 1 heterocycles. The van der Waals surface area contributed by atoms with E-state index in [0.29, 0.717) is 0 Å². The molecule has 0 aromatic heterocycles. The van der Waals surface area contributed by atoms with Crippen LogP contribution in [0.5, 0.6) is 23.0 Å². The monoisotopic (exact) mass is 386 g/mol. The van der Waals surface area contributed by atoms with Crippen molar-refractivity contribution in [2.75, 3.05) is 54.6 Å². The maximum absolute atomic E-state index is 5.73. The standard InChI is InChI=1S/C22H30N2O4/c1-25-16-6-8-20(27-3)18(14-16)22(24-12-5-10-23-11-13-24)19-15-17(26-2)7-9-21(19)28-4/h6-9,14-15,22-23H,5,10-13H2,1-4H3. The Bertz CT molecular complexity index is 718. The topological polar surface area (TPSA) is 52.2 Å². The van der Waals surface area contributed by atoms with Gasteiger partial charge >= 0.3 is 0 Å². The molecule has 3 rings (SSSR count). The summed E-state index contributed by atoms with van der Waals surface area (Å²) in [6.07, 6.45) is 1.08. The smallest absolute Gasteiger partial charge is 0.124 e. The van der Waals surface area contributed by atoms with E-state index in [2.05, 4.69) is 22.3 Å². The molecule has 0 unspecified atom stereocenters. The minimum absolute atomic E-state index is 0.0463. The first-order chi connectivity index (χ1) is 13.7. The number of benzene rings is 2. The van der Waals surface area contributed by atoms with Gasteiger partial charge in [-0.25, -0.2) is 0 Å². The molecule has 0 spiro atoms. The number of rotatable bonds is 7. The summed E-state index contributed by atoms with van der Waals surface area (Å²) < 4.78 is 22.5. The number of hydrogen-bond acceptors (Lipinski definition) is 6. The lowest BCUT2D eigenvalue weighted by atomic mass is 9.94. The highest BCUT2D eigenvalue weighted by atomic mass is 16.5. The fraction of sp³-hybridized carbons (Fsp3) is 0.455. The largest absolute Gasteiger partial charge is 0.497 e. The minimum atomic E-state index is -0.0463. The Kier molecular flexibility index (Phi) is 7.01. The second-order valence-electron chi connectivity index (χ2n) is 6.76. The predicted molar refractivity (Wildman–Crippen MR) is 110 cm³/mol. The van der Waals surface area contributed by atoms with Gasteiger partial charge in [-0.1, -0.05) is 0 Å². The molecule has 6 nitrogen and oxygen atoms in total. The SMILES string of the molecule is COc1ccc(OC)c(C(c2cc(OC)ccc2OC)N2CCCNCC2)c1. The first kappa shape index (κ1) is 20.3. The second kappa shape index (κ2) is 9.66. The molecule has 6 heteroatoms. The predicted octanol–water partition coefficient (Wildman–Crippen LogP) is 3.11. The number of nitrogens with one attached hydrogen (secondary N) is 1. The molecular weight excluding hydrogens is 356 g/mol. The van der Waals surface area contributed by atoms with Gasteiger partial charge in [-0.3, -0.25) is 4.90 Å². The number of methoxy groups -OCH3 is 4. The molecule has 1 fully saturated rings. The summed E-state index contributed by atoms with van der Waals surface area (Å²) in [4.78, 5) is 2.47. The normalized spacial score (nSPS) is 15.2. The zero-order valence-electron chi connectivity index (χ0n) is 17.2. The molecule has 0 radical (unpaired) electrons. The van der Waals surface area contributed by atoms with E-state index in [0.717, 1.165) is 66.7 Å². The van der Waals surface area contributed by atoms with Gasteiger partial charge in [-0.15, -0.1) is 0 Å². The number of ether oxygens (including phenoxy) is 4. The minimum Gasteiger partial charge on any atom is -0.497 e. The Hall–Kier alpha value is -2.44. The molecule has 0 bridgehead atoms. The molecule has 2 aromatic rings. The molecule has 0 amide bonds. The summed E-state index contributed by atoms with van der Waals surface area (Å²) >= 11 is 0. The van der Waals surface area contributed by atoms with E-state index in [1.807, 2.05) is 24.3 Å². The van der Waals surface area contributed by atoms with Crippen LogP contribution in [-0.4, -0.2) is 59.5 Å². The lowest BCUT2D eigenvalue weighted by molar-refractivity contribution is 0.230. The molecular formula is C22H30N2O4. The van der Waals surface area contributed by atoms with Crippen molar-refractivity contribution in [3.63, 3.8) is 0 Å². The first-order valence-electron chi connectivity index (χ1n) is 9.60. The lowest BCUT2D eigenvalue weighted by Gasteiger charge is -2.33. The van der Waals surface area contributed by atoms with Crippen LogP contribution < -0.4 is 24.3 Å². The van der Waals surface area contributed by atoms with Gasteiger partial charge < -0.3 is 24.3 Å². The third kappa shape index (κ3) is 4.34. The van der Waals surface area contributed by atoms with Crippen LogP contribution in [0.15, 0.2) is 36.4 Å². The summed E-state index contributed by atoms with van der Waals surface area (Å²) in [6, 6.07) is 11.8. The molecule has 152 valence electrons. The summed E-state index contributed by atoms with van der Waals surface area (Å²) in [6.45, 7) is 3.85. The van der Waals surface area contributed by atoms with E-state index in [9.17, 15) is 0 Å². The quantitative estimate of drug-likeness (QED) is 0.789. The molecule has 2 aromatic carbocycles. The molecule has 0 atom stereocenters. The Balaban J connectivity index is 2.19. The van der Waals surface area contributed by atoms with Gasteiger partial charge in [0.15, 0.2) is 0 Å². The van der Waals surface area contributed by atoms with Gasteiger partial charge in [0.25, 0.3) is 0 Å². The van der Waals surface area contributed by atoms with Crippen molar-refractivity contribution in [3.8, 4) is 23.0 Å². The van der Waals surface area contributed by atoms with Crippen LogP contribution in [0.3, 0.4) is 0 Å². The molecule has 1 saturated heterocycles. The van der Waals surface area contributed by atoms with Crippen molar-refractivity contribution in [2.24, 2.45) is 0 Å². The van der Waals surface area contributed by atoms with Crippen LogP contribution in [0, 0.1) is 0 Å². The zero-order chi connectivity index (χ0) is 19.9. The van der Waals surface area contributed by atoms with Crippen LogP contribution >= 0.6 is 0 Å². The summed E-state index contributed by atoms with van der Waals surface area (Å²) in [7, 11) is 6.77. The van der Waals surface area contributed by atoms with Gasteiger partial charge in [0.2, 0.25) is 0 Å². The van der Waals surface area contributed by atoms with Crippen molar-refractivity contribution < 1.29 is 18.9 Å². The average molecular weight is 386 g/mol. The number of hydrogen-bond donors (Lipinski definition) is 1. The van der Waals surface area contributed by atoms with Gasteiger partial charge in [0.1, 0.15) is 23.0 Å². The van der Waals surface area contributed by atoms with Crippen LogP contribution in [-0.2, 0) is 0 Å². The Morgan fingerprint density at radius 1 is 0.750 bits per heavy atom. The molecule has 1 aliphatic rings. The third-order valence-electron chi connectivity index (χ3n) is 5.20. The molecule has 0 saturated carbocycles. The zero-order valence-corrected chi connectivity index (χ0v) is 17.2. The lowest BCUT2D eigenvalue weighted by Crippen LogP contribution is -2.33. The fourth-order valence-corrected chi connectivity index (χ4v) is 3.79. The summed E-state index contributed by atoms with van der Waals surface area (Å²) in [5, 5.41) is 3.48. The van der Waals surface area contributed by atoms with Crippen LogP contribution in [0.2, 0.25) is 0 Å². The molecule has 1 aliphatic heterocycles. The highest BCUT2D eigenvalue weighted by molar-refractivity contribution is 5.51. The highest BCUT2D eigenvalue weighted by Crippen LogP contribution is 2.42. The van der Waals surface area contributed by atoms with Gasteiger partial charge in [-0.05, 0) is 49.4 Å². The van der Waals surface area contributed by atoms with Crippen LogP contribution in [0.1, 0.15) is 23.6 Å². The van der Waals surface area contributed by atoms with E-state index in [4.69, 9.17) is 18.9 Å². The van der Waals surface area contributed by atoms with Crippen molar-refractivity contribution in [1.29, 1.82) is 0 Å². The molecule has 28 heavy (non-hydrogen) atoms. The Labute approximate surface area is 167 Å².